The predicted octanol–water partition coefficient (Wildman–Crippen LogP) is 2.99. The molecule has 0 aromatic carbocycles. The first-order valence-electron chi connectivity index (χ1n) is 5.34. The molecule has 2 aromatic heterocycles. The predicted molar refractivity (Wildman–Crippen MR) is 71.8 cm³/mol. The number of hydrogen-bond acceptors (Lipinski definition) is 5. The average Bonchev–Trinajstić information content (AvgIpc) is 2.26. The largest absolute Gasteiger partial charge is 0.478 e. The third-order valence-electron chi connectivity index (χ3n) is 2.31. The van der Waals surface area contributed by atoms with E-state index in [1.807, 2.05) is 6.92 Å². The first-order chi connectivity index (χ1) is 8.97. The van der Waals surface area contributed by atoms with Gasteiger partial charge in [-0.1, -0.05) is 11.6 Å². The van der Waals surface area contributed by atoms with Crippen LogP contribution in [0.3, 0.4) is 0 Å². The second kappa shape index (κ2) is 5.54. The van der Waals surface area contributed by atoms with E-state index in [0.717, 1.165) is 17.5 Å². The van der Waals surface area contributed by atoms with Crippen molar-refractivity contribution < 1.29 is 9.90 Å². The lowest BCUT2D eigenvalue weighted by atomic mass is 10.1. The maximum absolute atomic E-state index is 11.3. The minimum absolute atomic E-state index is 0.178. The summed E-state index contributed by atoms with van der Waals surface area (Å²) in [4.78, 5) is 23.5. The van der Waals surface area contributed by atoms with Crippen molar-refractivity contribution >= 4 is 29.3 Å². The van der Waals surface area contributed by atoms with Gasteiger partial charge >= 0.3 is 5.97 Å². The van der Waals surface area contributed by atoms with Gasteiger partial charge in [-0.3, -0.25) is 4.98 Å². The Morgan fingerprint density at radius 3 is 2.68 bits per heavy atom. The molecule has 5 nitrogen and oxygen atoms in total. The molecule has 0 aliphatic carbocycles. The van der Waals surface area contributed by atoms with Gasteiger partial charge in [-0.15, -0.1) is 0 Å². The van der Waals surface area contributed by atoms with Crippen molar-refractivity contribution in [3.8, 4) is 0 Å². The number of carbonyl (C=O) groups is 1. The van der Waals surface area contributed by atoms with Crippen molar-refractivity contribution in [2.24, 2.45) is 0 Å². The summed E-state index contributed by atoms with van der Waals surface area (Å²) in [5, 5.41) is 10.4. The van der Waals surface area contributed by atoms with Gasteiger partial charge in [0.1, 0.15) is 15.2 Å². The lowest BCUT2D eigenvalue weighted by Crippen LogP contribution is -2.05. The van der Waals surface area contributed by atoms with E-state index < -0.39 is 5.97 Å². The monoisotopic (exact) mass is 295 g/mol. The van der Waals surface area contributed by atoms with Crippen LogP contribution in [0, 0.1) is 13.8 Å². The van der Waals surface area contributed by atoms with Crippen LogP contribution in [-0.4, -0.2) is 26.0 Å². The molecule has 0 unspecified atom stereocenters. The van der Waals surface area contributed by atoms with Crippen LogP contribution < -0.4 is 0 Å². The second-order valence-electron chi connectivity index (χ2n) is 3.85. The summed E-state index contributed by atoms with van der Waals surface area (Å²) in [6.07, 6.45) is 2.93. The van der Waals surface area contributed by atoms with Gasteiger partial charge in [0.2, 0.25) is 0 Å². The fourth-order valence-corrected chi connectivity index (χ4v) is 2.80. The van der Waals surface area contributed by atoms with Crippen LogP contribution in [0.15, 0.2) is 28.5 Å². The van der Waals surface area contributed by atoms with Gasteiger partial charge in [-0.05, 0) is 37.2 Å². The first-order valence-corrected chi connectivity index (χ1v) is 6.53. The molecule has 2 aromatic rings. The standard InChI is InChI=1S/C12H10ClN3O2S/c1-6-3-7(2)15-11(10(6)12(17)18)19-9-5-14-4-8(13)16-9/h3-5H,1-2H3,(H,17,18). The number of aromatic nitrogens is 3. The van der Waals surface area contributed by atoms with Crippen molar-refractivity contribution in [2.75, 3.05) is 0 Å². The van der Waals surface area contributed by atoms with E-state index >= 15 is 0 Å². The molecular formula is C12H10ClN3O2S. The van der Waals surface area contributed by atoms with Crippen molar-refractivity contribution in [1.29, 1.82) is 0 Å². The highest BCUT2D eigenvalue weighted by molar-refractivity contribution is 7.99. The van der Waals surface area contributed by atoms with Crippen LogP contribution in [0.25, 0.3) is 0 Å². The number of pyridine rings is 1. The van der Waals surface area contributed by atoms with Crippen molar-refractivity contribution in [1.82, 2.24) is 15.0 Å². The fraction of sp³-hybridized carbons (Fsp3) is 0.167. The molecule has 0 aliphatic rings. The molecular weight excluding hydrogens is 286 g/mol. The Hall–Kier alpha value is -1.66. The molecule has 19 heavy (non-hydrogen) atoms. The third-order valence-corrected chi connectivity index (χ3v) is 3.39. The Balaban J connectivity index is 2.47. The van der Waals surface area contributed by atoms with Crippen LogP contribution in [0.4, 0.5) is 0 Å². The molecule has 1 N–H and O–H groups in total. The molecule has 0 atom stereocenters. The van der Waals surface area contributed by atoms with Gasteiger partial charge in [-0.25, -0.2) is 14.8 Å². The summed E-state index contributed by atoms with van der Waals surface area (Å²) in [5.74, 6) is -1.01. The minimum atomic E-state index is -1.01. The number of nitrogens with zero attached hydrogens (tertiary/aromatic N) is 3. The average molecular weight is 296 g/mol. The zero-order chi connectivity index (χ0) is 14.0. The molecule has 0 radical (unpaired) electrons. The number of carboxylic acid groups (broad SMARTS) is 1. The SMILES string of the molecule is Cc1cc(C)c(C(=O)O)c(Sc2cncc(Cl)n2)n1. The van der Waals surface area contributed by atoms with E-state index in [0.29, 0.717) is 15.6 Å². The fourth-order valence-electron chi connectivity index (χ4n) is 1.61. The summed E-state index contributed by atoms with van der Waals surface area (Å²) in [5.41, 5.74) is 1.59. The van der Waals surface area contributed by atoms with Gasteiger partial charge in [0.15, 0.2) is 0 Å². The van der Waals surface area contributed by atoms with Gasteiger partial charge in [0.25, 0.3) is 0 Å². The Bertz CT molecular complexity index is 649. The summed E-state index contributed by atoms with van der Waals surface area (Å²) < 4.78 is 0. The van der Waals surface area contributed by atoms with Crippen molar-refractivity contribution in [2.45, 2.75) is 23.9 Å². The van der Waals surface area contributed by atoms with Crippen molar-refractivity contribution in [3.63, 3.8) is 0 Å². The Morgan fingerprint density at radius 1 is 1.32 bits per heavy atom. The lowest BCUT2D eigenvalue weighted by Gasteiger charge is -2.08. The topological polar surface area (TPSA) is 76.0 Å². The highest BCUT2D eigenvalue weighted by Crippen LogP contribution is 2.29. The van der Waals surface area contributed by atoms with Gasteiger partial charge in [0.05, 0.1) is 18.0 Å². The van der Waals surface area contributed by atoms with Crippen molar-refractivity contribution in [3.05, 3.63) is 40.4 Å². The van der Waals surface area contributed by atoms with E-state index in [2.05, 4.69) is 15.0 Å². The van der Waals surface area contributed by atoms with E-state index in [-0.39, 0.29) is 10.7 Å². The number of aromatic carboxylic acids is 1. The smallest absolute Gasteiger partial charge is 0.338 e. The maximum Gasteiger partial charge on any atom is 0.338 e. The van der Waals surface area contributed by atoms with Crippen LogP contribution >= 0.6 is 23.4 Å². The van der Waals surface area contributed by atoms with Crippen LogP contribution in [0.1, 0.15) is 21.6 Å². The molecule has 0 amide bonds. The van der Waals surface area contributed by atoms with Crippen LogP contribution in [0.2, 0.25) is 5.15 Å². The summed E-state index contributed by atoms with van der Waals surface area (Å²) in [6.45, 7) is 3.55. The molecule has 0 saturated heterocycles. The van der Waals surface area contributed by atoms with Gasteiger partial charge in [0, 0.05) is 5.69 Å². The lowest BCUT2D eigenvalue weighted by molar-refractivity contribution is 0.0691. The number of hydrogen-bond donors (Lipinski definition) is 1. The molecule has 7 heteroatoms. The van der Waals surface area contributed by atoms with E-state index in [1.54, 1.807) is 13.0 Å². The normalized spacial score (nSPS) is 10.5. The molecule has 0 aliphatic heterocycles. The summed E-state index contributed by atoms with van der Waals surface area (Å²) in [7, 11) is 0. The number of rotatable bonds is 3. The van der Waals surface area contributed by atoms with Crippen LogP contribution in [-0.2, 0) is 0 Å². The molecule has 0 bridgehead atoms. The number of carboxylic acids is 1. The van der Waals surface area contributed by atoms with Gasteiger partial charge < -0.3 is 5.11 Å². The third kappa shape index (κ3) is 3.21. The molecule has 98 valence electrons. The van der Waals surface area contributed by atoms with Gasteiger partial charge in [-0.2, -0.15) is 0 Å². The quantitative estimate of drug-likeness (QED) is 0.938. The zero-order valence-electron chi connectivity index (χ0n) is 10.2. The molecule has 2 heterocycles. The highest BCUT2D eigenvalue weighted by Gasteiger charge is 2.17. The number of aryl methyl sites for hydroxylation is 2. The molecule has 0 spiro atoms. The summed E-state index contributed by atoms with van der Waals surface area (Å²) in [6, 6.07) is 1.73. The zero-order valence-corrected chi connectivity index (χ0v) is 11.8. The molecule has 2 rings (SSSR count). The Kier molecular flexibility index (Phi) is 4.01. The van der Waals surface area contributed by atoms with E-state index in [1.165, 1.54) is 12.4 Å². The minimum Gasteiger partial charge on any atom is -0.478 e. The van der Waals surface area contributed by atoms with E-state index in [9.17, 15) is 9.90 Å². The second-order valence-corrected chi connectivity index (χ2v) is 5.24. The summed E-state index contributed by atoms with van der Waals surface area (Å²) >= 11 is 6.89. The molecule has 0 saturated carbocycles. The number of halogens is 1. The van der Waals surface area contributed by atoms with Crippen LogP contribution in [0.5, 0.6) is 0 Å². The van der Waals surface area contributed by atoms with E-state index in [4.69, 9.17) is 11.6 Å². The first kappa shape index (κ1) is 13.8. The maximum atomic E-state index is 11.3. The highest BCUT2D eigenvalue weighted by atomic mass is 35.5. The Morgan fingerprint density at radius 2 is 2.05 bits per heavy atom. The molecule has 0 fully saturated rings. The Labute approximate surface area is 119 Å².